The van der Waals surface area contributed by atoms with Crippen LogP contribution in [0.2, 0.25) is 0 Å². The summed E-state index contributed by atoms with van der Waals surface area (Å²) in [6.07, 6.45) is 4.94. The maximum Gasteiger partial charge on any atom is 0.251 e. The minimum atomic E-state index is -0.0287. The van der Waals surface area contributed by atoms with E-state index < -0.39 is 0 Å². The van der Waals surface area contributed by atoms with E-state index in [1.807, 2.05) is 31.2 Å². The molecule has 0 aliphatic carbocycles. The number of aryl methyl sites for hydroxylation is 2. The fourth-order valence-electron chi connectivity index (χ4n) is 4.03. The third-order valence-corrected chi connectivity index (χ3v) is 7.09. The van der Waals surface area contributed by atoms with Gasteiger partial charge >= 0.3 is 0 Å². The number of hydrogen-bond acceptors (Lipinski definition) is 5. The molecule has 33 heavy (non-hydrogen) atoms. The van der Waals surface area contributed by atoms with E-state index in [4.69, 9.17) is 9.40 Å². The van der Waals surface area contributed by atoms with Gasteiger partial charge in [0.2, 0.25) is 5.89 Å². The average molecular weight is 464 g/mol. The number of carbonyl (C=O) groups excluding carboxylic acids is 1. The molecule has 0 atom stereocenters. The van der Waals surface area contributed by atoms with Gasteiger partial charge in [-0.15, -0.1) is 11.8 Å². The number of hydrogen-bond donors (Lipinski definition) is 1. The number of piperidine rings is 1. The highest BCUT2D eigenvalue weighted by Gasteiger charge is 2.14. The molecular weight excluding hydrogens is 430 g/mol. The predicted octanol–water partition coefficient (Wildman–Crippen LogP) is 5.86. The summed E-state index contributed by atoms with van der Waals surface area (Å²) in [7, 11) is 0. The van der Waals surface area contributed by atoms with E-state index in [1.165, 1.54) is 42.8 Å². The Balaban J connectivity index is 1.27. The van der Waals surface area contributed by atoms with Crippen molar-refractivity contribution in [2.24, 2.45) is 0 Å². The lowest BCUT2D eigenvalue weighted by Gasteiger charge is -2.26. The second-order valence-corrected chi connectivity index (χ2v) is 9.76. The smallest absolute Gasteiger partial charge is 0.251 e. The maximum atomic E-state index is 12.5. The van der Waals surface area contributed by atoms with Crippen LogP contribution in [0.4, 0.5) is 0 Å². The summed E-state index contributed by atoms with van der Waals surface area (Å²) in [4.78, 5) is 20.9. The Morgan fingerprint density at radius 2 is 1.76 bits per heavy atom. The van der Waals surface area contributed by atoms with Crippen LogP contribution in [0.15, 0.2) is 57.8 Å². The van der Waals surface area contributed by atoms with E-state index in [2.05, 4.69) is 41.4 Å². The molecule has 2 aromatic carbocycles. The molecule has 5 nitrogen and oxygen atoms in total. The normalized spacial score (nSPS) is 14.4. The van der Waals surface area contributed by atoms with Gasteiger partial charge in [0, 0.05) is 28.3 Å². The molecule has 0 unspecified atom stereocenters. The first-order chi connectivity index (χ1) is 16.1. The summed E-state index contributed by atoms with van der Waals surface area (Å²) < 4.78 is 5.92. The monoisotopic (exact) mass is 463 g/mol. The standard InChI is InChI=1S/C27H33N3O2S/c1-20-7-13-24(14-8-20)33-19-25-21(2)32-27(29-25)23-11-9-22(10-12-23)26(31)28-15-6-18-30-16-4-3-5-17-30/h7-14H,3-6,15-19H2,1-2H3,(H,28,31). The van der Waals surface area contributed by atoms with Crippen molar-refractivity contribution in [2.75, 3.05) is 26.2 Å². The fourth-order valence-corrected chi connectivity index (χ4v) is 4.93. The molecule has 0 saturated carbocycles. The van der Waals surface area contributed by atoms with Crippen LogP contribution >= 0.6 is 11.8 Å². The second-order valence-electron chi connectivity index (χ2n) is 8.71. The summed E-state index contributed by atoms with van der Waals surface area (Å²) in [5, 5.41) is 3.04. The lowest BCUT2D eigenvalue weighted by Crippen LogP contribution is -2.33. The first kappa shape index (κ1) is 23.6. The number of rotatable bonds is 9. The highest BCUT2D eigenvalue weighted by atomic mass is 32.2. The third-order valence-electron chi connectivity index (χ3n) is 6.07. The van der Waals surface area contributed by atoms with Crippen LogP contribution in [0.5, 0.6) is 0 Å². The van der Waals surface area contributed by atoms with Crippen LogP contribution in [-0.2, 0) is 5.75 Å². The number of amides is 1. The van der Waals surface area contributed by atoms with E-state index in [1.54, 1.807) is 11.8 Å². The zero-order chi connectivity index (χ0) is 23.0. The van der Waals surface area contributed by atoms with Gasteiger partial charge in [-0.3, -0.25) is 4.79 Å². The molecule has 1 amide bonds. The van der Waals surface area contributed by atoms with Crippen molar-refractivity contribution in [3.05, 3.63) is 71.1 Å². The molecule has 3 aromatic rings. The molecule has 0 spiro atoms. The number of aromatic nitrogens is 1. The van der Waals surface area contributed by atoms with Crippen LogP contribution < -0.4 is 5.32 Å². The molecule has 1 aliphatic heterocycles. The van der Waals surface area contributed by atoms with Crippen molar-refractivity contribution in [1.29, 1.82) is 0 Å². The van der Waals surface area contributed by atoms with Crippen LogP contribution in [-0.4, -0.2) is 42.0 Å². The fraction of sp³-hybridized carbons (Fsp3) is 0.407. The molecule has 4 rings (SSSR count). The Labute approximate surface area is 201 Å². The molecule has 1 N–H and O–H groups in total. The van der Waals surface area contributed by atoms with Gasteiger partial charge < -0.3 is 14.6 Å². The summed E-state index contributed by atoms with van der Waals surface area (Å²) in [5.74, 6) is 2.16. The van der Waals surface area contributed by atoms with Crippen LogP contribution in [0, 0.1) is 13.8 Å². The van der Waals surface area contributed by atoms with Gasteiger partial charge in [0.05, 0.1) is 5.69 Å². The average Bonchev–Trinajstić information content (AvgIpc) is 3.22. The van der Waals surface area contributed by atoms with Crippen LogP contribution in [0.3, 0.4) is 0 Å². The van der Waals surface area contributed by atoms with Crippen LogP contribution in [0.1, 0.15) is 53.1 Å². The number of carbonyl (C=O) groups is 1. The van der Waals surface area contributed by atoms with E-state index in [9.17, 15) is 4.79 Å². The van der Waals surface area contributed by atoms with E-state index in [0.29, 0.717) is 18.0 Å². The third kappa shape index (κ3) is 6.71. The lowest BCUT2D eigenvalue weighted by atomic mass is 10.1. The van der Waals surface area contributed by atoms with Gasteiger partial charge in [-0.1, -0.05) is 24.1 Å². The van der Waals surface area contributed by atoms with Gasteiger partial charge in [-0.05, 0) is 89.1 Å². The zero-order valence-corrected chi connectivity index (χ0v) is 20.4. The first-order valence-corrected chi connectivity index (χ1v) is 12.8. The predicted molar refractivity (Wildman–Crippen MR) is 135 cm³/mol. The Morgan fingerprint density at radius 3 is 2.48 bits per heavy atom. The van der Waals surface area contributed by atoms with Crippen LogP contribution in [0.25, 0.3) is 11.5 Å². The lowest BCUT2D eigenvalue weighted by molar-refractivity contribution is 0.0951. The quantitative estimate of drug-likeness (QED) is 0.318. The largest absolute Gasteiger partial charge is 0.441 e. The van der Waals surface area contributed by atoms with Gasteiger partial charge in [-0.2, -0.15) is 0 Å². The molecule has 1 saturated heterocycles. The highest BCUT2D eigenvalue weighted by Crippen LogP contribution is 2.28. The molecule has 1 aliphatic rings. The molecule has 0 radical (unpaired) electrons. The molecule has 0 bridgehead atoms. The van der Waals surface area contributed by atoms with Gasteiger partial charge in [-0.25, -0.2) is 4.98 Å². The number of nitrogens with one attached hydrogen (secondary N) is 1. The Bertz CT molecular complexity index is 1040. The number of benzene rings is 2. The Kier molecular flexibility index (Phi) is 8.24. The molecule has 2 heterocycles. The summed E-state index contributed by atoms with van der Waals surface area (Å²) in [6, 6.07) is 16.0. The second kappa shape index (κ2) is 11.5. The summed E-state index contributed by atoms with van der Waals surface area (Å²) in [5.41, 5.74) is 3.75. The van der Waals surface area contributed by atoms with E-state index in [-0.39, 0.29) is 5.91 Å². The van der Waals surface area contributed by atoms with Gasteiger partial charge in [0.15, 0.2) is 0 Å². The number of likely N-dealkylation sites (tertiary alicyclic amines) is 1. The molecule has 1 aromatic heterocycles. The van der Waals surface area contributed by atoms with Gasteiger partial charge in [0.1, 0.15) is 5.76 Å². The first-order valence-electron chi connectivity index (χ1n) is 11.9. The van der Waals surface area contributed by atoms with Crippen molar-refractivity contribution in [1.82, 2.24) is 15.2 Å². The zero-order valence-electron chi connectivity index (χ0n) is 19.6. The number of oxazole rings is 1. The van der Waals surface area contributed by atoms with Crippen molar-refractivity contribution in [3.63, 3.8) is 0 Å². The Hall–Kier alpha value is -2.57. The summed E-state index contributed by atoms with van der Waals surface area (Å²) >= 11 is 1.75. The molecule has 174 valence electrons. The number of nitrogens with zero attached hydrogens (tertiary/aromatic N) is 2. The van der Waals surface area contributed by atoms with E-state index in [0.717, 1.165) is 35.7 Å². The topological polar surface area (TPSA) is 58.4 Å². The van der Waals surface area contributed by atoms with Crippen molar-refractivity contribution in [3.8, 4) is 11.5 Å². The minimum absolute atomic E-state index is 0.0287. The van der Waals surface area contributed by atoms with Crippen molar-refractivity contribution in [2.45, 2.75) is 50.2 Å². The van der Waals surface area contributed by atoms with Gasteiger partial charge in [0.25, 0.3) is 5.91 Å². The summed E-state index contributed by atoms with van der Waals surface area (Å²) in [6.45, 7) is 8.20. The van der Waals surface area contributed by atoms with Crippen molar-refractivity contribution < 1.29 is 9.21 Å². The van der Waals surface area contributed by atoms with E-state index >= 15 is 0 Å². The molecule has 6 heteroatoms. The maximum absolute atomic E-state index is 12.5. The Morgan fingerprint density at radius 1 is 1.03 bits per heavy atom. The van der Waals surface area contributed by atoms with Crippen molar-refractivity contribution >= 4 is 17.7 Å². The minimum Gasteiger partial charge on any atom is -0.441 e. The highest BCUT2D eigenvalue weighted by molar-refractivity contribution is 7.98. The molecule has 1 fully saturated rings. The number of thioether (sulfide) groups is 1. The SMILES string of the molecule is Cc1ccc(SCc2nc(-c3ccc(C(=O)NCCCN4CCCCC4)cc3)oc2C)cc1. The molecular formula is C27H33N3O2S.